The molecule has 0 spiro atoms. The van der Waals surface area contributed by atoms with Crippen molar-refractivity contribution >= 4 is 11.8 Å². The van der Waals surface area contributed by atoms with Crippen molar-refractivity contribution in [2.24, 2.45) is 17.8 Å². The maximum absolute atomic E-state index is 13.4. The Morgan fingerprint density at radius 2 is 1.71 bits per heavy atom. The SMILES string of the molecule is CC(C)CC(C)NC(=O)C1CC=CCC1C(=O)N1CCC(C#N)(c2ccccc2)CC1. The number of hydrogen-bond acceptors (Lipinski definition) is 3. The predicted molar refractivity (Wildman–Crippen MR) is 122 cm³/mol. The van der Waals surface area contributed by atoms with E-state index in [1.807, 2.05) is 54.3 Å². The van der Waals surface area contributed by atoms with Gasteiger partial charge in [0.2, 0.25) is 11.8 Å². The summed E-state index contributed by atoms with van der Waals surface area (Å²) in [6, 6.07) is 12.5. The molecule has 3 unspecified atom stereocenters. The number of hydrogen-bond donors (Lipinski definition) is 1. The van der Waals surface area contributed by atoms with E-state index in [-0.39, 0.29) is 29.7 Å². The summed E-state index contributed by atoms with van der Waals surface area (Å²) in [5.74, 6) is -0.0760. The molecule has 166 valence electrons. The molecule has 0 bridgehead atoms. The van der Waals surface area contributed by atoms with E-state index in [9.17, 15) is 14.9 Å². The minimum atomic E-state index is -0.534. The Morgan fingerprint density at radius 1 is 1.10 bits per heavy atom. The zero-order chi connectivity index (χ0) is 22.4. The molecule has 1 aromatic rings. The number of carbonyl (C=O) groups is 2. The van der Waals surface area contributed by atoms with Gasteiger partial charge in [0.15, 0.2) is 0 Å². The number of likely N-dealkylation sites (tertiary alicyclic amines) is 1. The number of piperidine rings is 1. The highest BCUT2D eigenvalue weighted by Gasteiger charge is 2.41. The summed E-state index contributed by atoms with van der Waals surface area (Å²) in [5, 5.41) is 13.0. The van der Waals surface area contributed by atoms with Crippen molar-refractivity contribution in [3.63, 3.8) is 0 Å². The minimum absolute atomic E-state index is 0.0106. The van der Waals surface area contributed by atoms with E-state index < -0.39 is 5.41 Å². The number of benzene rings is 1. The fraction of sp³-hybridized carbons (Fsp3) is 0.577. The highest BCUT2D eigenvalue weighted by atomic mass is 16.2. The summed E-state index contributed by atoms with van der Waals surface area (Å²) >= 11 is 0. The smallest absolute Gasteiger partial charge is 0.226 e. The van der Waals surface area contributed by atoms with Gasteiger partial charge in [-0.05, 0) is 50.5 Å². The molecule has 3 atom stereocenters. The summed E-state index contributed by atoms with van der Waals surface area (Å²) in [5.41, 5.74) is 0.495. The molecule has 5 nitrogen and oxygen atoms in total. The minimum Gasteiger partial charge on any atom is -0.353 e. The van der Waals surface area contributed by atoms with Crippen LogP contribution in [-0.4, -0.2) is 35.8 Å². The number of amides is 2. The van der Waals surface area contributed by atoms with Crippen molar-refractivity contribution in [2.45, 2.75) is 64.3 Å². The van der Waals surface area contributed by atoms with Crippen molar-refractivity contribution in [1.29, 1.82) is 5.26 Å². The number of nitriles is 1. The summed E-state index contributed by atoms with van der Waals surface area (Å²) in [6.07, 6.45) is 7.44. The molecule has 1 saturated heterocycles. The summed E-state index contributed by atoms with van der Waals surface area (Å²) in [6.45, 7) is 7.43. The third-order valence-electron chi connectivity index (χ3n) is 6.77. The Hall–Kier alpha value is -2.61. The molecule has 1 aromatic carbocycles. The molecule has 3 rings (SSSR count). The lowest BCUT2D eigenvalue weighted by molar-refractivity contribution is -0.143. The van der Waals surface area contributed by atoms with E-state index in [1.165, 1.54) is 0 Å². The van der Waals surface area contributed by atoms with E-state index in [4.69, 9.17) is 0 Å². The van der Waals surface area contributed by atoms with E-state index in [1.54, 1.807) is 0 Å². The molecule has 2 aliphatic rings. The lowest BCUT2D eigenvalue weighted by Gasteiger charge is -2.40. The van der Waals surface area contributed by atoms with Gasteiger partial charge in [-0.15, -0.1) is 0 Å². The van der Waals surface area contributed by atoms with Crippen LogP contribution in [0.3, 0.4) is 0 Å². The van der Waals surface area contributed by atoms with Crippen LogP contribution in [0, 0.1) is 29.1 Å². The van der Waals surface area contributed by atoms with Gasteiger partial charge in [0.05, 0.1) is 23.3 Å². The second-order valence-electron chi connectivity index (χ2n) is 9.58. The molecular formula is C26H35N3O2. The van der Waals surface area contributed by atoms with Gasteiger partial charge >= 0.3 is 0 Å². The first-order chi connectivity index (χ1) is 14.9. The predicted octanol–water partition coefficient (Wildman–Crippen LogP) is 4.20. The van der Waals surface area contributed by atoms with Crippen LogP contribution in [-0.2, 0) is 15.0 Å². The molecule has 2 amide bonds. The van der Waals surface area contributed by atoms with Gasteiger partial charge < -0.3 is 10.2 Å². The van der Waals surface area contributed by atoms with Crippen LogP contribution >= 0.6 is 0 Å². The van der Waals surface area contributed by atoms with Crippen LogP contribution in [0.4, 0.5) is 0 Å². The van der Waals surface area contributed by atoms with Crippen LogP contribution in [0.25, 0.3) is 0 Å². The van der Waals surface area contributed by atoms with Crippen molar-refractivity contribution < 1.29 is 9.59 Å². The zero-order valence-electron chi connectivity index (χ0n) is 19.0. The van der Waals surface area contributed by atoms with Crippen molar-refractivity contribution in [3.8, 4) is 6.07 Å². The Morgan fingerprint density at radius 3 is 2.29 bits per heavy atom. The van der Waals surface area contributed by atoms with Crippen molar-refractivity contribution in [3.05, 3.63) is 48.0 Å². The molecule has 0 radical (unpaired) electrons. The van der Waals surface area contributed by atoms with Gasteiger partial charge in [0.1, 0.15) is 0 Å². The van der Waals surface area contributed by atoms with Crippen LogP contribution in [0.2, 0.25) is 0 Å². The molecule has 0 saturated carbocycles. The second kappa shape index (κ2) is 10.1. The highest BCUT2D eigenvalue weighted by molar-refractivity contribution is 5.88. The van der Waals surface area contributed by atoms with Crippen LogP contribution in [0.1, 0.15) is 58.4 Å². The molecule has 1 aliphatic heterocycles. The van der Waals surface area contributed by atoms with Crippen LogP contribution < -0.4 is 5.32 Å². The van der Waals surface area contributed by atoms with Gasteiger partial charge in [0, 0.05) is 19.1 Å². The quantitative estimate of drug-likeness (QED) is 0.700. The largest absolute Gasteiger partial charge is 0.353 e. The van der Waals surface area contributed by atoms with Crippen molar-refractivity contribution in [2.75, 3.05) is 13.1 Å². The standard InChI is InChI=1S/C26H35N3O2/c1-19(2)17-20(3)28-24(30)22-11-7-8-12-23(22)25(31)29-15-13-26(18-27,14-16-29)21-9-5-4-6-10-21/h4-10,19-20,22-23H,11-17H2,1-3H3,(H,28,30). The summed E-state index contributed by atoms with van der Waals surface area (Å²) in [7, 11) is 0. The van der Waals surface area contributed by atoms with Crippen LogP contribution in [0.5, 0.6) is 0 Å². The molecule has 0 aromatic heterocycles. The Labute approximate surface area is 186 Å². The summed E-state index contributed by atoms with van der Waals surface area (Å²) < 4.78 is 0. The lowest BCUT2D eigenvalue weighted by atomic mass is 9.73. The Kier molecular flexibility index (Phi) is 7.54. The zero-order valence-corrected chi connectivity index (χ0v) is 19.0. The molecule has 1 heterocycles. The fourth-order valence-electron chi connectivity index (χ4n) is 5.06. The van der Waals surface area contributed by atoms with Gasteiger partial charge in [-0.1, -0.05) is 56.3 Å². The van der Waals surface area contributed by atoms with Gasteiger partial charge in [-0.25, -0.2) is 0 Å². The van der Waals surface area contributed by atoms with E-state index in [2.05, 4.69) is 25.2 Å². The van der Waals surface area contributed by atoms with Gasteiger partial charge in [0.25, 0.3) is 0 Å². The normalized spacial score (nSPS) is 23.8. The average molecular weight is 422 g/mol. The van der Waals surface area contributed by atoms with E-state index in [0.29, 0.717) is 44.7 Å². The Balaban J connectivity index is 1.65. The first-order valence-corrected chi connectivity index (χ1v) is 11.6. The van der Waals surface area contributed by atoms with Gasteiger partial charge in [-0.3, -0.25) is 9.59 Å². The summed E-state index contributed by atoms with van der Waals surface area (Å²) in [4.78, 5) is 28.2. The Bertz CT molecular complexity index is 832. The first kappa shape index (κ1) is 23.1. The molecule has 31 heavy (non-hydrogen) atoms. The third kappa shape index (κ3) is 5.36. The van der Waals surface area contributed by atoms with E-state index >= 15 is 0 Å². The maximum Gasteiger partial charge on any atom is 0.226 e. The van der Waals surface area contributed by atoms with Crippen molar-refractivity contribution in [1.82, 2.24) is 10.2 Å². The molecule has 1 N–H and O–H groups in total. The second-order valence-corrected chi connectivity index (χ2v) is 9.58. The third-order valence-corrected chi connectivity index (χ3v) is 6.77. The van der Waals surface area contributed by atoms with Crippen LogP contribution in [0.15, 0.2) is 42.5 Å². The number of nitrogens with one attached hydrogen (secondary N) is 1. The van der Waals surface area contributed by atoms with E-state index in [0.717, 1.165) is 12.0 Å². The monoisotopic (exact) mass is 421 g/mol. The maximum atomic E-state index is 13.4. The van der Waals surface area contributed by atoms with Gasteiger partial charge in [-0.2, -0.15) is 5.26 Å². The fourth-order valence-corrected chi connectivity index (χ4v) is 5.06. The molecule has 5 heteroatoms. The topological polar surface area (TPSA) is 73.2 Å². The molecular weight excluding hydrogens is 386 g/mol. The molecule has 1 fully saturated rings. The molecule has 1 aliphatic carbocycles. The number of carbonyl (C=O) groups excluding carboxylic acids is 2. The highest BCUT2D eigenvalue weighted by Crippen LogP contribution is 2.36. The number of rotatable bonds is 6. The average Bonchev–Trinajstić information content (AvgIpc) is 2.78. The number of allylic oxidation sites excluding steroid dienone is 2. The first-order valence-electron chi connectivity index (χ1n) is 11.6. The number of nitrogens with zero attached hydrogens (tertiary/aromatic N) is 2. The lowest BCUT2D eigenvalue weighted by Crippen LogP contribution is -2.50.